The summed E-state index contributed by atoms with van der Waals surface area (Å²) in [6.07, 6.45) is 6.16. The van der Waals surface area contributed by atoms with E-state index in [1.54, 1.807) is 42.6 Å². The predicted molar refractivity (Wildman–Crippen MR) is 163 cm³/mol. The average molecular weight is 591 g/mol. The molecule has 1 N–H and O–H groups in total. The normalized spacial score (nSPS) is 16.2. The lowest BCUT2D eigenvalue weighted by atomic mass is 10.2. The van der Waals surface area contributed by atoms with Crippen LogP contribution < -0.4 is 15.6 Å². The lowest BCUT2D eigenvalue weighted by Crippen LogP contribution is -2.36. The molecule has 0 aromatic carbocycles. The Labute approximate surface area is 244 Å². The first-order valence-corrected chi connectivity index (χ1v) is 15.5. The molecule has 0 atom stereocenters. The highest BCUT2D eigenvalue weighted by Crippen LogP contribution is 2.40. The maximum Gasteiger partial charge on any atom is 0.270 e. The summed E-state index contributed by atoms with van der Waals surface area (Å²) in [4.78, 5) is 40.0. The van der Waals surface area contributed by atoms with Gasteiger partial charge in [-0.3, -0.25) is 9.59 Å². The number of carbonyl (C=O) groups excluding carboxylic acids is 1. The summed E-state index contributed by atoms with van der Waals surface area (Å²) in [5, 5.41) is 7.06. The number of ether oxygens (including phenoxy) is 1. The van der Waals surface area contributed by atoms with Gasteiger partial charge < -0.3 is 28.8 Å². The van der Waals surface area contributed by atoms with E-state index < -0.39 is 0 Å². The molecule has 41 heavy (non-hydrogen) atoms. The zero-order chi connectivity index (χ0) is 28.1. The van der Waals surface area contributed by atoms with E-state index >= 15 is 0 Å². The molecule has 10 nitrogen and oxygen atoms in total. The summed E-state index contributed by atoms with van der Waals surface area (Å²) >= 11 is 2.95. The minimum absolute atomic E-state index is 0.0290. The van der Waals surface area contributed by atoms with Gasteiger partial charge in [0.05, 0.1) is 18.2 Å². The topological polar surface area (TPSA) is 106 Å². The maximum atomic E-state index is 13.0. The van der Waals surface area contributed by atoms with Gasteiger partial charge in [-0.2, -0.15) is 4.98 Å². The number of hydrogen-bond acceptors (Lipinski definition) is 10. The molecule has 1 aliphatic carbocycles. The second-order valence-corrected chi connectivity index (χ2v) is 12.6. The summed E-state index contributed by atoms with van der Waals surface area (Å²) < 4.78 is 14.5. The minimum Gasteiger partial charge on any atom is -0.439 e. The van der Waals surface area contributed by atoms with E-state index in [0.717, 1.165) is 52.2 Å². The van der Waals surface area contributed by atoms with E-state index in [0.29, 0.717) is 54.1 Å². The zero-order valence-electron chi connectivity index (χ0n) is 22.9. The van der Waals surface area contributed by atoms with E-state index in [4.69, 9.17) is 14.1 Å². The first-order chi connectivity index (χ1) is 20.0. The van der Waals surface area contributed by atoms with Gasteiger partial charge in [0.2, 0.25) is 11.4 Å². The van der Waals surface area contributed by atoms with Crippen LogP contribution in [0.15, 0.2) is 45.1 Å². The maximum absolute atomic E-state index is 13.0. The molecule has 0 bridgehead atoms. The average Bonchev–Trinajstić information content (AvgIpc) is 3.78. The number of amides is 1. The number of rotatable bonds is 6. The van der Waals surface area contributed by atoms with Crippen molar-refractivity contribution < 1.29 is 13.9 Å². The Morgan fingerprint density at radius 3 is 2.73 bits per heavy atom. The number of thiophene rings is 2. The van der Waals surface area contributed by atoms with E-state index in [1.165, 1.54) is 11.3 Å². The van der Waals surface area contributed by atoms with E-state index in [1.807, 2.05) is 23.6 Å². The van der Waals surface area contributed by atoms with Gasteiger partial charge in [0.1, 0.15) is 16.0 Å². The molecule has 1 saturated heterocycles. The second-order valence-electron chi connectivity index (χ2n) is 10.7. The second kappa shape index (κ2) is 10.6. The summed E-state index contributed by atoms with van der Waals surface area (Å²) in [5.41, 5.74) is 2.91. The van der Waals surface area contributed by atoms with Crippen molar-refractivity contribution in [3.63, 3.8) is 0 Å². The SMILES string of the molecule is CN(C)C(=O)c1cc2cnc(Nc3ccc(-c4csc5c(=O)cc(N6CCOCC6)oc45)s3)nc2n1C1CCCC1. The number of carbonyl (C=O) groups is 1. The smallest absolute Gasteiger partial charge is 0.270 e. The van der Waals surface area contributed by atoms with Gasteiger partial charge in [0.25, 0.3) is 5.91 Å². The Balaban J connectivity index is 1.20. The zero-order valence-corrected chi connectivity index (χ0v) is 24.5. The number of anilines is 3. The van der Waals surface area contributed by atoms with Crippen molar-refractivity contribution in [1.82, 2.24) is 19.4 Å². The van der Waals surface area contributed by atoms with Crippen molar-refractivity contribution in [3.8, 4) is 10.4 Å². The van der Waals surface area contributed by atoms with Crippen LogP contribution in [0.5, 0.6) is 0 Å². The molecule has 1 aliphatic heterocycles. The first-order valence-electron chi connectivity index (χ1n) is 13.8. The highest BCUT2D eigenvalue weighted by Gasteiger charge is 2.27. The van der Waals surface area contributed by atoms with Crippen LogP contribution in [-0.4, -0.2) is 65.7 Å². The third kappa shape index (κ3) is 4.79. The predicted octanol–water partition coefficient (Wildman–Crippen LogP) is 5.72. The van der Waals surface area contributed by atoms with Crippen LogP contribution >= 0.6 is 22.7 Å². The van der Waals surface area contributed by atoms with Crippen LogP contribution in [0.4, 0.5) is 16.8 Å². The molecule has 2 fully saturated rings. The van der Waals surface area contributed by atoms with Gasteiger partial charge in [-0.05, 0) is 31.0 Å². The molecule has 12 heteroatoms. The van der Waals surface area contributed by atoms with Crippen LogP contribution in [0.2, 0.25) is 0 Å². The molecule has 5 aromatic rings. The summed E-state index contributed by atoms with van der Waals surface area (Å²) in [7, 11) is 3.55. The molecule has 1 saturated carbocycles. The number of hydrogen-bond donors (Lipinski definition) is 1. The summed E-state index contributed by atoms with van der Waals surface area (Å²) in [5.74, 6) is 1.03. The number of morpholine rings is 1. The van der Waals surface area contributed by atoms with Crippen molar-refractivity contribution in [2.75, 3.05) is 50.6 Å². The number of aromatic nitrogens is 3. The molecule has 0 radical (unpaired) electrons. The monoisotopic (exact) mass is 590 g/mol. The molecule has 0 spiro atoms. The number of nitrogens with zero attached hydrogens (tertiary/aromatic N) is 5. The van der Waals surface area contributed by atoms with Gasteiger partial charge in [-0.1, -0.05) is 12.8 Å². The fourth-order valence-corrected chi connectivity index (χ4v) is 7.58. The summed E-state index contributed by atoms with van der Waals surface area (Å²) in [6.45, 7) is 2.62. The van der Waals surface area contributed by atoms with Crippen molar-refractivity contribution in [2.24, 2.45) is 0 Å². The standard InChI is InChI=1S/C29H30N6O4S2/c1-33(2)28(37)20-13-17-15-30-29(32-27(17)35(20)18-5-3-4-6-18)31-23-8-7-22(41-23)19-16-40-26-21(36)14-24(39-25(19)26)34-9-11-38-12-10-34/h7-8,13-16,18H,3-6,9-12H2,1-2H3,(H,30,31,32). The third-order valence-corrected chi connectivity index (χ3v) is 9.76. The quantitative estimate of drug-likeness (QED) is 0.268. The van der Waals surface area contributed by atoms with Crippen LogP contribution in [-0.2, 0) is 4.74 Å². The minimum atomic E-state index is -0.0296. The first kappa shape index (κ1) is 26.2. The molecule has 0 unspecified atom stereocenters. The highest BCUT2D eigenvalue weighted by molar-refractivity contribution is 7.21. The van der Waals surface area contributed by atoms with Crippen LogP contribution in [0.3, 0.4) is 0 Å². The van der Waals surface area contributed by atoms with Crippen LogP contribution in [0, 0.1) is 0 Å². The van der Waals surface area contributed by atoms with Gasteiger partial charge in [-0.25, -0.2) is 4.98 Å². The molecule has 5 aromatic heterocycles. The van der Waals surface area contributed by atoms with Crippen LogP contribution in [0.25, 0.3) is 31.8 Å². The number of nitrogens with one attached hydrogen (secondary N) is 1. The van der Waals surface area contributed by atoms with Crippen molar-refractivity contribution in [3.05, 3.63) is 51.8 Å². The molecule has 1 amide bonds. The van der Waals surface area contributed by atoms with E-state index in [9.17, 15) is 9.59 Å². The van der Waals surface area contributed by atoms with Crippen molar-refractivity contribution >= 4 is 66.7 Å². The lowest BCUT2D eigenvalue weighted by molar-refractivity contribution is 0.0815. The Hall–Kier alpha value is -3.74. The van der Waals surface area contributed by atoms with Gasteiger partial charge >= 0.3 is 0 Å². The largest absolute Gasteiger partial charge is 0.439 e. The molecule has 6 heterocycles. The Kier molecular flexibility index (Phi) is 6.76. The van der Waals surface area contributed by atoms with Gasteiger partial charge in [0.15, 0.2) is 11.5 Å². The molecular formula is C29H30N6O4S2. The Morgan fingerprint density at radius 2 is 1.95 bits per heavy atom. The van der Waals surface area contributed by atoms with Crippen molar-refractivity contribution in [1.29, 1.82) is 0 Å². The fourth-order valence-electron chi connectivity index (χ4n) is 5.69. The molecule has 212 valence electrons. The van der Waals surface area contributed by atoms with Crippen molar-refractivity contribution in [2.45, 2.75) is 31.7 Å². The van der Waals surface area contributed by atoms with Crippen LogP contribution in [0.1, 0.15) is 42.2 Å². The highest BCUT2D eigenvalue weighted by atomic mass is 32.1. The molecular weight excluding hydrogens is 560 g/mol. The van der Waals surface area contributed by atoms with E-state index in [2.05, 4.69) is 19.8 Å². The summed E-state index contributed by atoms with van der Waals surface area (Å²) in [6, 6.07) is 7.75. The fraction of sp³-hybridized carbons (Fsp3) is 0.379. The third-order valence-electron chi connectivity index (χ3n) is 7.75. The Bertz CT molecular complexity index is 1810. The molecule has 7 rings (SSSR count). The Morgan fingerprint density at radius 1 is 1.15 bits per heavy atom. The van der Waals surface area contributed by atoms with Gasteiger partial charge in [-0.15, -0.1) is 22.7 Å². The number of fused-ring (bicyclic) bond motifs is 2. The lowest BCUT2D eigenvalue weighted by Gasteiger charge is -2.27. The van der Waals surface area contributed by atoms with Gasteiger partial charge in [0, 0.05) is 66.7 Å². The van der Waals surface area contributed by atoms with E-state index in [-0.39, 0.29) is 17.4 Å². The molecule has 2 aliphatic rings.